The topological polar surface area (TPSA) is 80.4 Å². The summed E-state index contributed by atoms with van der Waals surface area (Å²) in [6, 6.07) is -0.816. The van der Waals surface area contributed by atoms with E-state index in [0.717, 1.165) is 6.29 Å². The van der Waals surface area contributed by atoms with Gasteiger partial charge in [0.1, 0.15) is 12.3 Å². The Labute approximate surface area is 64.8 Å². The molecule has 0 spiro atoms. The Balaban J connectivity index is 0. The Kier molecular flexibility index (Phi) is 10.3. The molecule has 0 rings (SSSR count). The monoisotopic (exact) mass is 165 g/mol. The van der Waals surface area contributed by atoms with Crippen LogP contribution in [-0.4, -0.2) is 29.2 Å². The predicted octanol–water partition coefficient (Wildman–Crippen LogP) is -0.467. The second-order valence-electron chi connectivity index (χ2n) is 1.36. The van der Waals surface area contributed by atoms with E-state index in [0.29, 0.717) is 0 Å². The maximum atomic E-state index is 9.76. The Morgan fingerprint density at radius 3 is 2.20 bits per heavy atom. The number of nitrogens with two attached hydrogens (primary N) is 1. The fourth-order valence-electron chi connectivity index (χ4n) is 0.0781. The van der Waals surface area contributed by atoms with Crippen LogP contribution in [0.25, 0.3) is 0 Å². The molecule has 0 bridgehead atoms. The van der Waals surface area contributed by atoms with Crippen molar-refractivity contribution in [3.63, 3.8) is 0 Å². The van der Waals surface area contributed by atoms with E-state index in [1.165, 1.54) is 6.92 Å². The van der Waals surface area contributed by atoms with Crippen molar-refractivity contribution in [1.82, 2.24) is 0 Å². The van der Waals surface area contributed by atoms with Gasteiger partial charge in [0.25, 0.3) is 0 Å². The molecular weight excluding hydrogens is 154 g/mol. The second kappa shape index (κ2) is 8.45. The number of hydrogen-bond donors (Lipinski definition) is 3. The molecular formula is C5H11NO3S. The zero-order valence-electron chi connectivity index (χ0n) is 5.65. The number of rotatable bonds is 2. The number of hydrogen-bond acceptors (Lipinski definition) is 4. The van der Waals surface area contributed by atoms with Crippen LogP contribution in [0.2, 0.25) is 0 Å². The summed E-state index contributed by atoms with van der Waals surface area (Å²) in [6.45, 7) is 1.44. The number of carbonyl (C=O) groups excluding carboxylic acids is 1. The maximum Gasteiger partial charge on any atom is 0.321 e. The van der Waals surface area contributed by atoms with Gasteiger partial charge in [-0.1, -0.05) is 0 Å². The number of carbonyl (C=O) groups is 2. The molecule has 0 saturated carbocycles. The summed E-state index contributed by atoms with van der Waals surface area (Å²) in [5, 5.41) is 8.01. The molecule has 1 unspecified atom stereocenters. The van der Waals surface area contributed by atoms with Gasteiger partial charge in [-0.3, -0.25) is 4.79 Å². The molecule has 0 aliphatic carbocycles. The van der Waals surface area contributed by atoms with Gasteiger partial charge in [0.2, 0.25) is 0 Å². The van der Waals surface area contributed by atoms with Crippen LogP contribution < -0.4 is 5.73 Å². The SMILES string of the molecule is CC=O.NC(CS)C(=O)O. The molecule has 0 radical (unpaired) electrons. The molecule has 5 heteroatoms. The number of carboxylic acid groups (broad SMARTS) is 1. The summed E-state index contributed by atoms with van der Waals surface area (Å²) in [7, 11) is 0. The minimum absolute atomic E-state index is 0.190. The third-order valence-electron chi connectivity index (χ3n) is 0.514. The van der Waals surface area contributed by atoms with Crippen molar-refractivity contribution in [2.75, 3.05) is 5.75 Å². The third-order valence-corrected chi connectivity index (χ3v) is 0.907. The zero-order chi connectivity index (χ0) is 8.57. The smallest absolute Gasteiger partial charge is 0.321 e. The van der Waals surface area contributed by atoms with E-state index in [-0.39, 0.29) is 5.75 Å². The zero-order valence-corrected chi connectivity index (χ0v) is 6.54. The summed E-state index contributed by atoms with van der Waals surface area (Å²) < 4.78 is 0. The number of thiol groups is 1. The Morgan fingerprint density at radius 2 is 2.20 bits per heavy atom. The van der Waals surface area contributed by atoms with E-state index in [1.807, 2.05) is 0 Å². The Morgan fingerprint density at radius 1 is 1.90 bits per heavy atom. The van der Waals surface area contributed by atoms with Crippen LogP contribution in [0.15, 0.2) is 0 Å². The first kappa shape index (κ1) is 12.2. The first-order valence-electron chi connectivity index (χ1n) is 2.59. The van der Waals surface area contributed by atoms with E-state index in [2.05, 4.69) is 12.6 Å². The molecule has 0 aromatic carbocycles. The van der Waals surface area contributed by atoms with Crippen LogP contribution in [0.1, 0.15) is 6.92 Å². The van der Waals surface area contributed by atoms with E-state index >= 15 is 0 Å². The first-order chi connectivity index (χ1) is 4.59. The molecule has 0 aromatic heterocycles. The van der Waals surface area contributed by atoms with Gasteiger partial charge < -0.3 is 15.6 Å². The van der Waals surface area contributed by atoms with Crippen LogP contribution in [0.3, 0.4) is 0 Å². The van der Waals surface area contributed by atoms with Crippen molar-refractivity contribution < 1.29 is 14.7 Å². The summed E-state index contributed by atoms with van der Waals surface area (Å²) in [5.74, 6) is -0.815. The highest BCUT2D eigenvalue weighted by atomic mass is 32.1. The molecule has 0 aliphatic heterocycles. The number of aldehydes is 1. The molecule has 0 aliphatic rings. The second-order valence-corrected chi connectivity index (χ2v) is 1.73. The van der Waals surface area contributed by atoms with Crippen LogP contribution in [0.4, 0.5) is 0 Å². The molecule has 0 fully saturated rings. The highest BCUT2D eigenvalue weighted by Crippen LogP contribution is 1.80. The average molecular weight is 165 g/mol. The summed E-state index contributed by atoms with van der Waals surface area (Å²) in [4.78, 5) is 18.6. The average Bonchev–Trinajstić information content (AvgIpc) is 1.88. The van der Waals surface area contributed by atoms with Gasteiger partial charge in [-0.2, -0.15) is 12.6 Å². The summed E-state index contributed by atoms with van der Waals surface area (Å²) in [6.07, 6.45) is 0.750. The molecule has 0 aromatic rings. The first-order valence-corrected chi connectivity index (χ1v) is 3.22. The van der Waals surface area contributed by atoms with E-state index < -0.39 is 12.0 Å². The van der Waals surface area contributed by atoms with Gasteiger partial charge in [-0.15, -0.1) is 0 Å². The molecule has 60 valence electrons. The molecule has 10 heavy (non-hydrogen) atoms. The number of aliphatic carboxylic acids is 1. The highest BCUT2D eigenvalue weighted by molar-refractivity contribution is 7.80. The van der Waals surface area contributed by atoms with Gasteiger partial charge in [0, 0.05) is 5.75 Å². The third kappa shape index (κ3) is 10.4. The van der Waals surface area contributed by atoms with Crippen molar-refractivity contribution >= 4 is 24.9 Å². The largest absolute Gasteiger partial charge is 0.480 e. The van der Waals surface area contributed by atoms with Crippen molar-refractivity contribution in [3.8, 4) is 0 Å². The minimum Gasteiger partial charge on any atom is -0.480 e. The van der Waals surface area contributed by atoms with Gasteiger partial charge in [0.15, 0.2) is 0 Å². The highest BCUT2D eigenvalue weighted by Gasteiger charge is 2.06. The van der Waals surface area contributed by atoms with E-state index in [9.17, 15) is 4.79 Å². The fraction of sp³-hybridized carbons (Fsp3) is 0.600. The van der Waals surface area contributed by atoms with Crippen LogP contribution in [0.5, 0.6) is 0 Å². The molecule has 1 atom stereocenters. The molecule has 0 heterocycles. The van der Waals surface area contributed by atoms with Gasteiger partial charge in [-0.05, 0) is 6.92 Å². The van der Waals surface area contributed by atoms with Crippen molar-refractivity contribution in [3.05, 3.63) is 0 Å². The lowest BCUT2D eigenvalue weighted by Crippen LogP contribution is -2.31. The predicted molar refractivity (Wildman–Crippen MR) is 41.2 cm³/mol. The van der Waals surface area contributed by atoms with Crippen LogP contribution >= 0.6 is 12.6 Å². The van der Waals surface area contributed by atoms with Crippen LogP contribution in [-0.2, 0) is 9.59 Å². The van der Waals surface area contributed by atoms with Crippen molar-refractivity contribution in [2.45, 2.75) is 13.0 Å². The lowest BCUT2D eigenvalue weighted by atomic mass is 10.4. The quantitative estimate of drug-likeness (QED) is 0.382. The molecule has 0 amide bonds. The summed E-state index contributed by atoms with van der Waals surface area (Å²) in [5.41, 5.74) is 4.94. The van der Waals surface area contributed by atoms with Gasteiger partial charge in [0.05, 0.1) is 0 Å². The van der Waals surface area contributed by atoms with E-state index in [4.69, 9.17) is 15.6 Å². The van der Waals surface area contributed by atoms with Gasteiger partial charge >= 0.3 is 5.97 Å². The van der Waals surface area contributed by atoms with Gasteiger partial charge in [-0.25, -0.2) is 0 Å². The Bertz CT molecular complexity index is 107. The summed E-state index contributed by atoms with van der Waals surface area (Å²) >= 11 is 3.65. The lowest BCUT2D eigenvalue weighted by molar-refractivity contribution is -0.137. The minimum atomic E-state index is -1.00. The lowest BCUT2D eigenvalue weighted by Gasteiger charge is -1.96. The van der Waals surface area contributed by atoms with Crippen LogP contribution in [0, 0.1) is 0 Å². The van der Waals surface area contributed by atoms with Crippen molar-refractivity contribution in [1.29, 1.82) is 0 Å². The maximum absolute atomic E-state index is 9.76. The van der Waals surface area contributed by atoms with Crippen molar-refractivity contribution in [2.24, 2.45) is 5.73 Å². The Hall–Kier alpha value is -0.550. The molecule has 4 nitrogen and oxygen atoms in total. The molecule has 3 N–H and O–H groups in total. The fourth-order valence-corrected chi connectivity index (χ4v) is 0.234. The molecule has 0 saturated heterocycles. The standard InChI is InChI=1S/C3H7NO2S.C2H4O/c4-2(1-7)3(5)6;1-2-3/h2,7H,1,4H2,(H,5,6);2H,1H3. The number of carboxylic acids is 1. The normalized spacial score (nSPS) is 10.7. The van der Waals surface area contributed by atoms with E-state index in [1.54, 1.807) is 0 Å².